The summed E-state index contributed by atoms with van der Waals surface area (Å²) in [5.41, 5.74) is 0.609. The molecule has 9 nitrogen and oxygen atoms in total. The minimum Gasteiger partial charge on any atom is -0.493 e. The van der Waals surface area contributed by atoms with Crippen molar-refractivity contribution in [1.82, 2.24) is 14.9 Å². The number of methoxy groups -OCH3 is 3. The molecule has 0 radical (unpaired) electrons. The lowest BCUT2D eigenvalue weighted by atomic mass is 10.1. The highest BCUT2D eigenvalue weighted by molar-refractivity contribution is 9.10. The molecule has 10 heteroatoms. The summed E-state index contributed by atoms with van der Waals surface area (Å²) in [7, 11) is 4.38. The highest BCUT2D eigenvalue weighted by Gasteiger charge is 2.20. The van der Waals surface area contributed by atoms with Gasteiger partial charge in [-0.15, -0.1) is 0 Å². The van der Waals surface area contributed by atoms with Gasteiger partial charge in [0.15, 0.2) is 11.5 Å². The molecule has 0 aliphatic heterocycles. The number of fused-ring (bicyclic) bond motifs is 1. The van der Waals surface area contributed by atoms with E-state index in [0.717, 1.165) is 4.47 Å². The number of nitrogens with one attached hydrogen (secondary N) is 1. The highest BCUT2D eigenvalue weighted by Crippen LogP contribution is 2.39. The number of nitriles is 1. The molecular weight excluding hydrogens is 468 g/mol. The summed E-state index contributed by atoms with van der Waals surface area (Å²) in [5, 5.41) is 12.6. The molecule has 1 amide bonds. The molecule has 0 saturated carbocycles. The van der Waals surface area contributed by atoms with Gasteiger partial charge in [0.25, 0.3) is 5.56 Å². The van der Waals surface area contributed by atoms with Crippen LogP contribution in [-0.2, 0) is 11.3 Å². The summed E-state index contributed by atoms with van der Waals surface area (Å²) in [6, 6.07) is 9.33. The number of ether oxygens (including phenoxy) is 3. The van der Waals surface area contributed by atoms with Gasteiger partial charge >= 0.3 is 0 Å². The van der Waals surface area contributed by atoms with E-state index in [4.69, 9.17) is 14.2 Å². The largest absolute Gasteiger partial charge is 0.493 e. The van der Waals surface area contributed by atoms with E-state index in [9.17, 15) is 14.9 Å². The van der Waals surface area contributed by atoms with Crippen molar-refractivity contribution in [2.45, 2.75) is 12.6 Å². The number of rotatable bonds is 7. The van der Waals surface area contributed by atoms with E-state index < -0.39 is 11.9 Å². The molecule has 0 bridgehead atoms. The molecular formula is C21H19BrN4O5. The van der Waals surface area contributed by atoms with E-state index in [0.29, 0.717) is 33.7 Å². The van der Waals surface area contributed by atoms with Crippen LogP contribution in [0.25, 0.3) is 10.9 Å². The molecule has 160 valence electrons. The molecule has 0 saturated heterocycles. The van der Waals surface area contributed by atoms with Crippen molar-refractivity contribution < 1.29 is 19.0 Å². The maximum absolute atomic E-state index is 12.7. The molecule has 3 aromatic rings. The molecule has 0 aliphatic carbocycles. The summed E-state index contributed by atoms with van der Waals surface area (Å²) in [6.45, 7) is -0.295. The van der Waals surface area contributed by atoms with Crippen molar-refractivity contribution >= 4 is 32.7 Å². The number of carbonyl (C=O) groups excluding carboxylic acids is 1. The van der Waals surface area contributed by atoms with Gasteiger partial charge in [-0.3, -0.25) is 14.2 Å². The lowest BCUT2D eigenvalue weighted by molar-refractivity contribution is -0.122. The predicted octanol–water partition coefficient (Wildman–Crippen LogP) is 2.57. The van der Waals surface area contributed by atoms with Gasteiger partial charge in [-0.1, -0.05) is 15.9 Å². The zero-order valence-corrected chi connectivity index (χ0v) is 18.6. The molecule has 1 N–H and O–H groups in total. The number of benzene rings is 2. The van der Waals surface area contributed by atoms with Crippen LogP contribution in [-0.4, -0.2) is 36.8 Å². The van der Waals surface area contributed by atoms with Crippen molar-refractivity contribution in [3.05, 3.63) is 57.0 Å². The van der Waals surface area contributed by atoms with Gasteiger partial charge in [-0.25, -0.2) is 4.98 Å². The molecule has 1 aromatic heterocycles. The Kier molecular flexibility index (Phi) is 6.77. The third-order valence-corrected chi connectivity index (χ3v) is 5.05. The lowest BCUT2D eigenvalue weighted by Gasteiger charge is -2.17. The Morgan fingerprint density at radius 2 is 1.87 bits per heavy atom. The molecule has 1 unspecified atom stereocenters. The molecule has 1 heterocycles. The van der Waals surface area contributed by atoms with Crippen LogP contribution in [0.2, 0.25) is 0 Å². The minimum absolute atomic E-state index is 0.295. The Morgan fingerprint density at radius 3 is 2.45 bits per heavy atom. The molecule has 31 heavy (non-hydrogen) atoms. The monoisotopic (exact) mass is 486 g/mol. The van der Waals surface area contributed by atoms with Crippen LogP contribution < -0.4 is 25.1 Å². The Morgan fingerprint density at radius 1 is 1.19 bits per heavy atom. The van der Waals surface area contributed by atoms with Crippen LogP contribution in [0.15, 0.2) is 45.9 Å². The van der Waals surface area contributed by atoms with Gasteiger partial charge in [0, 0.05) is 4.47 Å². The first kappa shape index (κ1) is 22.1. The Labute approximate surface area is 186 Å². The third-order valence-electron chi connectivity index (χ3n) is 4.55. The van der Waals surface area contributed by atoms with Gasteiger partial charge < -0.3 is 19.5 Å². The van der Waals surface area contributed by atoms with Gasteiger partial charge in [0.2, 0.25) is 11.7 Å². The molecule has 0 fully saturated rings. The van der Waals surface area contributed by atoms with Crippen LogP contribution in [0.4, 0.5) is 0 Å². The molecule has 3 rings (SSSR count). The van der Waals surface area contributed by atoms with E-state index >= 15 is 0 Å². The highest BCUT2D eigenvalue weighted by atomic mass is 79.9. The zero-order valence-electron chi connectivity index (χ0n) is 17.0. The Hall–Kier alpha value is -3.58. The molecule has 0 spiro atoms. The van der Waals surface area contributed by atoms with Crippen molar-refractivity contribution in [3.63, 3.8) is 0 Å². The molecule has 2 aromatic carbocycles. The summed E-state index contributed by atoms with van der Waals surface area (Å²) in [6.07, 6.45) is 1.30. The third kappa shape index (κ3) is 4.62. The van der Waals surface area contributed by atoms with Crippen LogP contribution in [0, 0.1) is 11.3 Å². The number of nitrogens with zero attached hydrogens (tertiary/aromatic N) is 3. The first-order chi connectivity index (χ1) is 14.9. The number of hydrogen-bond acceptors (Lipinski definition) is 7. The second-order valence-corrected chi connectivity index (χ2v) is 7.34. The second-order valence-electron chi connectivity index (χ2n) is 6.43. The van der Waals surface area contributed by atoms with E-state index in [1.165, 1.54) is 32.2 Å². The number of carbonyl (C=O) groups is 1. The quantitative estimate of drug-likeness (QED) is 0.545. The van der Waals surface area contributed by atoms with Gasteiger partial charge in [0.1, 0.15) is 12.6 Å². The van der Waals surface area contributed by atoms with Crippen molar-refractivity contribution in [1.29, 1.82) is 5.26 Å². The fourth-order valence-electron chi connectivity index (χ4n) is 3.06. The van der Waals surface area contributed by atoms with Crippen LogP contribution >= 0.6 is 15.9 Å². The number of aromatic nitrogens is 2. The van der Waals surface area contributed by atoms with Gasteiger partial charge in [-0.05, 0) is 35.9 Å². The second kappa shape index (κ2) is 9.49. The SMILES string of the molecule is COc1cc(C(C#N)NC(=O)Cn2cnc3ccc(Br)cc3c2=O)cc(OC)c1OC. The predicted molar refractivity (Wildman–Crippen MR) is 116 cm³/mol. The van der Waals surface area contributed by atoms with E-state index in [1.807, 2.05) is 6.07 Å². The average molecular weight is 487 g/mol. The Balaban J connectivity index is 1.86. The Bertz CT molecular complexity index is 1210. The van der Waals surface area contributed by atoms with Crippen molar-refractivity contribution in [2.75, 3.05) is 21.3 Å². The van der Waals surface area contributed by atoms with Crippen LogP contribution in [0.5, 0.6) is 17.2 Å². The standard InChI is InChI=1S/C21H19BrN4O5/c1-29-17-6-12(7-18(30-2)20(17)31-3)16(9-23)25-19(27)10-26-11-24-15-5-4-13(22)8-14(15)21(26)28/h4-8,11,16H,10H2,1-3H3,(H,25,27). The van der Waals surface area contributed by atoms with Gasteiger partial charge in [0.05, 0.1) is 44.6 Å². The van der Waals surface area contributed by atoms with Crippen LogP contribution in [0.3, 0.4) is 0 Å². The van der Waals surface area contributed by atoms with Gasteiger partial charge in [-0.2, -0.15) is 5.26 Å². The van der Waals surface area contributed by atoms with E-state index in [1.54, 1.807) is 30.3 Å². The normalized spacial score (nSPS) is 11.5. The summed E-state index contributed by atoms with van der Waals surface area (Å²) in [5.74, 6) is 0.550. The fraction of sp³-hybridized carbons (Fsp3) is 0.238. The van der Waals surface area contributed by atoms with E-state index in [-0.39, 0.29) is 12.1 Å². The summed E-state index contributed by atoms with van der Waals surface area (Å²) < 4.78 is 17.8. The zero-order chi connectivity index (χ0) is 22.5. The van der Waals surface area contributed by atoms with Crippen molar-refractivity contribution in [3.8, 4) is 23.3 Å². The van der Waals surface area contributed by atoms with E-state index in [2.05, 4.69) is 26.2 Å². The minimum atomic E-state index is -1.00. The van der Waals surface area contributed by atoms with Crippen molar-refractivity contribution in [2.24, 2.45) is 0 Å². The molecule has 0 aliphatic rings. The maximum Gasteiger partial charge on any atom is 0.261 e. The average Bonchev–Trinajstić information content (AvgIpc) is 2.78. The summed E-state index contributed by atoms with van der Waals surface area (Å²) >= 11 is 3.32. The summed E-state index contributed by atoms with van der Waals surface area (Å²) in [4.78, 5) is 29.5. The topological polar surface area (TPSA) is 115 Å². The number of amides is 1. The first-order valence-electron chi connectivity index (χ1n) is 9.05. The maximum atomic E-state index is 12.7. The molecule has 1 atom stereocenters. The van der Waals surface area contributed by atoms with Crippen LogP contribution in [0.1, 0.15) is 11.6 Å². The number of halogens is 1. The number of hydrogen-bond donors (Lipinski definition) is 1. The smallest absolute Gasteiger partial charge is 0.261 e. The lowest BCUT2D eigenvalue weighted by Crippen LogP contribution is -2.34. The fourth-order valence-corrected chi connectivity index (χ4v) is 3.42. The first-order valence-corrected chi connectivity index (χ1v) is 9.84.